The second-order valence-corrected chi connectivity index (χ2v) is 5.61. The van der Waals surface area contributed by atoms with Crippen molar-refractivity contribution in [2.24, 2.45) is 0 Å². The second-order valence-electron chi connectivity index (χ2n) is 5.61. The number of benzene rings is 2. The summed E-state index contributed by atoms with van der Waals surface area (Å²) in [7, 11) is 0. The lowest BCUT2D eigenvalue weighted by atomic mass is 10.0. The molecule has 1 fully saturated rings. The van der Waals surface area contributed by atoms with Crippen LogP contribution in [0.5, 0.6) is 5.75 Å². The molecule has 0 saturated carbocycles. The predicted molar refractivity (Wildman–Crippen MR) is 88.7 cm³/mol. The van der Waals surface area contributed by atoms with Crippen molar-refractivity contribution in [2.75, 3.05) is 13.2 Å². The van der Waals surface area contributed by atoms with E-state index in [0.717, 1.165) is 5.75 Å². The minimum absolute atomic E-state index is 0.149. The molecular weight excluding hydrogens is 304 g/mol. The SMILES string of the molecule is N#Cc1cccc(C(=O)N[C@@H]2COCC[C@@H]2Oc2ccccc2)c1. The zero-order valence-corrected chi connectivity index (χ0v) is 13.1. The van der Waals surface area contributed by atoms with Crippen LogP contribution in [0.3, 0.4) is 0 Å². The summed E-state index contributed by atoms with van der Waals surface area (Å²) < 4.78 is 11.5. The van der Waals surface area contributed by atoms with E-state index in [1.54, 1.807) is 24.3 Å². The summed E-state index contributed by atoms with van der Waals surface area (Å²) in [5.74, 6) is 0.541. The standard InChI is InChI=1S/C19H18N2O3/c20-12-14-5-4-6-15(11-14)19(22)21-17-13-23-10-9-18(17)24-16-7-2-1-3-8-16/h1-8,11,17-18H,9-10,13H2,(H,21,22)/t17-,18+/m1/s1. The Morgan fingerprint density at radius 1 is 1.21 bits per heavy atom. The minimum Gasteiger partial charge on any atom is -0.488 e. The van der Waals surface area contributed by atoms with Crippen LogP contribution in [0.4, 0.5) is 0 Å². The van der Waals surface area contributed by atoms with Crippen LogP contribution >= 0.6 is 0 Å². The molecule has 1 aliphatic rings. The molecule has 0 aliphatic carbocycles. The molecule has 0 unspecified atom stereocenters. The number of para-hydroxylation sites is 1. The van der Waals surface area contributed by atoms with Gasteiger partial charge in [-0.25, -0.2) is 0 Å². The minimum atomic E-state index is -0.239. The Balaban J connectivity index is 1.69. The summed E-state index contributed by atoms with van der Waals surface area (Å²) >= 11 is 0. The van der Waals surface area contributed by atoms with E-state index in [-0.39, 0.29) is 18.1 Å². The maximum absolute atomic E-state index is 12.4. The average molecular weight is 322 g/mol. The molecule has 1 saturated heterocycles. The quantitative estimate of drug-likeness (QED) is 0.939. The summed E-state index contributed by atoms with van der Waals surface area (Å²) in [5, 5.41) is 11.9. The summed E-state index contributed by atoms with van der Waals surface area (Å²) in [6.07, 6.45) is 0.558. The number of hydrogen-bond donors (Lipinski definition) is 1. The summed E-state index contributed by atoms with van der Waals surface area (Å²) in [6.45, 7) is 1.01. The van der Waals surface area contributed by atoms with Crippen LogP contribution in [-0.4, -0.2) is 31.3 Å². The van der Waals surface area contributed by atoms with E-state index in [1.165, 1.54) is 0 Å². The molecule has 2 aromatic carbocycles. The maximum atomic E-state index is 12.4. The van der Waals surface area contributed by atoms with Crippen molar-refractivity contribution in [3.8, 4) is 11.8 Å². The first-order valence-corrected chi connectivity index (χ1v) is 7.87. The molecule has 1 N–H and O–H groups in total. The molecule has 5 heteroatoms. The third kappa shape index (κ3) is 3.92. The first kappa shape index (κ1) is 16.0. The number of nitriles is 1. The average Bonchev–Trinajstić information content (AvgIpc) is 2.64. The predicted octanol–water partition coefficient (Wildman–Crippen LogP) is 2.52. The van der Waals surface area contributed by atoms with Gasteiger partial charge in [-0.05, 0) is 30.3 Å². The van der Waals surface area contributed by atoms with Gasteiger partial charge in [-0.3, -0.25) is 4.79 Å². The Morgan fingerprint density at radius 3 is 2.83 bits per heavy atom. The zero-order chi connectivity index (χ0) is 16.8. The number of carbonyl (C=O) groups excluding carboxylic acids is 1. The normalized spacial score (nSPS) is 20.0. The fourth-order valence-electron chi connectivity index (χ4n) is 2.65. The van der Waals surface area contributed by atoms with Crippen LogP contribution in [0.25, 0.3) is 0 Å². The number of amides is 1. The zero-order valence-electron chi connectivity index (χ0n) is 13.1. The fourth-order valence-corrected chi connectivity index (χ4v) is 2.65. The topological polar surface area (TPSA) is 71.4 Å². The lowest BCUT2D eigenvalue weighted by molar-refractivity contribution is -0.00288. The van der Waals surface area contributed by atoms with Crippen molar-refractivity contribution in [1.29, 1.82) is 5.26 Å². The highest BCUT2D eigenvalue weighted by Crippen LogP contribution is 2.18. The van der Waals surface area contributed by atoms with Gasteiger partial charge in [0.25, 0.3) is 5.91 Å². The Labute approximate surface area is 140 Å². The van der Waals surface area contributed by atoms with Crippen molar-refractivity contribution >= 4 is 5.91 Å². The van der Waals surface area contributed by atoms with Crippen LogP contribution < -0.4 is 10.1 Å². The van der Waals surface area contributed by atoms with E-state index >= 15 is 0 Å². The molecule has 2 atom stereocenters. The van der Waals surface area contributed by atoms with Crippen molar-refractivity contribution in [3.05, 3.63) is 65.7 Å². The van der Waals surface area contributed by atoms with Crippen LogP contribution in [0.2, 0.25) is 0 Å². The number of carbonyl (C=O) groups is 1. The lowest BCUT2D eigenvalue weighted by Gasteiger charge is -2.32. The van der Waals surface area contributed by atoms with E-state index in [4.69, 9.17) is 14.7 Å². The number of ether oxygens (including phenoxy) is 2. The number of hydrogen-bond acceptors (Lipinski definition) is 4. The van der Waals surface area contributed by atoms with E-state index in [9.17, 15) is 4.79 Å². The van der Waals surface area contributed by atoms with Crippen molar-refractivity contribution < 1.29 is 14.3 Å². The van der Waals surface area contributed by atoms with Gasteiger partial charge in [0.1, 0.15) is 11.9 Å². The van der Waals surface area contributed by atoms with Gasteiger partial charge in [-0.2, -0.15) is 5.26 Å². The van der Waals surface area contributed by atoms with Crippen LogP contribution in [0, 0.1) is 11.3 Å². The van der Waals surface area contributed by atoms with Gasteiger partial charge < -0.3 is 14.8 Å². The van der Waals surface area contributed by atoms with E-state index in [0.29, 0.717) is 30.8 Å². The molecule has 0 aromatic heterocycles. The maximum Gasteiger partial charge on any atom is 0.251 e. The number of nitrogens with zero attached hydrogens (tertiary/aromatic N) is 1. The monoisotopic (exact) mass is 322 g/mol. The summed E-state index contributed by atoms with van der Waals surface area (Å²) in [4.78, 5) is 12.4. The third-order valence-electron chi connectivity index (χ3n) is 3.89. The van der Waals surface area contributed by atoms with Gasteiger partial charge in [0, 0.05) is 12.0 Å². The van der Waals surface area contributed by atoms with Crippen LogP contribution in [0.15, 0.2) is 54.6 Å². The van der Waals surface area contributed by atoms with Crippen molar-refractivity contribution in [1.82, 2.24) is 5.32 Å². The summed E-state index contributed by atoms with van der Waals surface area (Å²) in [5.41, 5.74) is 0.915. The van der Waals surface area contributed by atoms with Crippen molar-refractivity contribution in [3.63, 3.8) is 0 Å². The molecular formula is C19H18N2O3. The van der Waals surface area contributed by atoms with Gasteiger partial charge in [0.15, 0.2) is 0 Å². The Kier molecular flexibility index (Phi) is 5.09. The lowest BCUT2D eigenvalue weighted by Crippen LogP contribution is -2.51. The Morgan fingerprint density at radius 2 is 2.04 bits per heavy atom. The molecule has 1 aliphatic heterocycles. The van der Waals surface area contributed by atoms with Crippen LogP contribution in [0.1, 0.15) is 22.3 Å². The molecule has 3 rings (SSSR count). The second kappa shape index (κ2) is 7.62. The largest absolute Gasteiger partial charge is 0.488 e. The molecule has 5 nitrogen and oxygen atoms in total. The van der Waals surface area contributed by atoms with Gasteiger partial charge in [0.2, 0.25) is 0 Å². The first-order valence-electron chi connectivity index (χ1n) is 7.87. The Hall–Kier alpha value is -2.84. The van der Waals surface area contributed by atoms with E-state index < -0.39 is 0 Å². The molecule has 0 radical (unpaired) electrons. The van der Waals surface area contributed by atoms with Gasteiger partial charge >= 0.3 is 0 Å². The number of nitrogens with one attached hydrogen (secondary N) is 1. The van der Waals surface area contributed by atoms with Gasteiger partial charge in [0.05, 0.1) is 30.9 Å². The molecule has 2 aromatic rings. The first-order chi connectivity index (χ1) is 11.8. The highest BCUT2D eigenvalue weighted by atomic mass is 16.5. The molecule has 0 bridgehead atoms. The number of rotatable bonds is 4. The molecule has 0 spiro atoms. The highest BCUT2D eigenvalue weighted by Gasteiger charge is 2.29. The smallest absolute Gasteiger partial charge is 0.251 e. The van der Waals surface area contributed by atoms with E-state index in [2.05, 4.69) is 5.32 Å². The van der Waals surface area contributed by atoms with Crippen LogP contribution in [-0.2, 0) is 4.74 Å². The Bertz CT molecular complexity index is 740. The fraction of sp³-hybridized carbons (Fsp3) is 0.263. The van der Waals surface area contributed by atoms with Gasteiger partial charge in [-0.1, -0.05) is 24.3 Å². The van der Waals surface area contributed by atoms with E-state index in [1.807, 2.05) is 36.4 Å². The molecule has 24 heavy (non-hydrogen) atoms. The third-order valence-corrected chi connectivity index (χ3v) is 3.89. The van der Waals surface area contributed by atoms with Crippen molar-refractivity contribution in [2.45, 2.75) is 18.6 Å². The molecule has 122 valence electrons. The summed E-state index contributed by atoms with van der Waals surface area (Å²) in [6, 6.07) is 18.0. The highest BCUT2D eigenvalue weighted by molar-refractivity contribution is 5.94. The molecule has 1 heterocycles. The van der Waals surface area contributed by atoms with Gasteiger partial charge in [-0.15, -0.1) is 0 Å². The molecule has 1 amide bonds.